The average Bonchev–Trinajstić information content (AvgIpc) is 1.48. The van der Waals surface area contributed by atoms with Crippen LogP contribution in [-0.4, -0.2) is 18.3 Å². The zero-order valence-electron chi connectivity index (χ0n) is 50.6. The second kappa shape index (κ2) is 18.1. The maximum absolute atomic E-state index is 13.1. The molecule has 7 nitrogen and oxygen atoms in total. The molecular weight excluding hydrogens is 1090 g/mol. The number of nitrogens with zero attached hydrogens (tertiary/aromatic N) is 6. The number of aromatic nitrogens is 4. The van der Waals surface area contributed by atoms with Crippen LogP contribution in [-0.2, 0) is 16.2 Å². The third kappa shape index (κ3) is 7.04. The Labute approximate surface area is 512 Å². The second-order valence-corrected chi connectivity index (χ2v) is 28.1. The van der Waals surface area contributed by atoms with Crippen molar-refractivity contribution in [1.82, 2.24) is 18.3 Å². The number of nitriles is 1. The largest absolute Gasteiger partial charge is 0.454 e. The van der Waals surface area contributed by atoms with Gasteiger partial charge >= 0.3 is 0 Å². The fourth-order valence-electron chi connectivity index (χ4n) is 14.7. The Bertz CT molecular complexity index is 5770. The van der Waals surface area contributed by atoms with Crippen LogP contribution in [0.25, 0.3) is 157 Å². The molecule has 0 aliphatic heterocycles. The van der Waals surface area contributed by atoms with Crippen molar-refractivity contribution >= 4 is 146 Å². The first-order chi connectivity index (χ1) is 42.5. The van der Waals surface area contributed by atoms with Gasteiger partial charge in [0, 0.05) is 69.3 Å². The molecule has 17 aromatic rings. The molecule has 0 unspecified atom stereocenters. The molecule has 0 saturated heterocycles. The Morgan fingerprint density at radius 2 is 0.875 bits per heavy atom. The predicted octanol–water partition coefficient (Wildman–Crippen LogP) is 22.7. The van der Waals surface area contributed by atoms with Gasteiger partial charge in [-0.2, -0.15) is 5.26 Å². The quantitative estimate of drug-likeness (QED) is 0.165. The van der Waals surface area contributed by atoms with Gasteiger partial charge in [0.25, 0.3) is 0 Å². The van der Waals surface area contributed by atoms with Gasteiger partial charge < -0.3 is 22.7 Å². The molecule has 0 fully saturated rings. The Kier molecular flexibility index (Phi) is 10.7. The van der Waals surface area contributed by atoms with Crippen LogP contribution < -0.4 is 0 Å². The molecule has 0 spiro atoms. The van der Waals surface area contributed by atoms with E-state index in [-0.39, 0.29) is 16.2 Å². The fraction of sp³-hybridized carbons (Fsp3) is 0.150. The van der Waals surface area contributed by atoms with Crippen molar-refractivity contribution in [2.24, 2.45) is 0 Å². The molecule has 6 aromatic heterocycles. The summed E-state index contributed by atoms with van der Waals surface area (Å²) in [4.78, 5) is 4.97. The molecule has 0 atom stereocenters. The van der Waals surface area contributed by atoms with E-state index in [4.69, 9.17) is 9.26 Å². The number of thiophene rings is 1. The number of para-hydroxylation sites is 5. The Hall–Kier alpha value is -10.4. The van der Waals surface area contributed by atoms with Crippen molar-refractivity contribution in [3.05, 3.63) is 234 Å². The van der Waals surface area contributed by atoms with Crippen molar-refractivity contribution in [2.75, 3.05) is 0 Å². The fourth-order valence-corrected chi connectivity index (χ4v) is 16.0. The van der Waals surface area contributed by atoms with E-state index in [1.165, 1.54) is 32.2 Å². The van der Waals surface area contributed by atoms with Crippen molar-refractivity contribution < 1.29 is 4.42 Å². The summed E-state index contributed by atoms with van der Waals surface area (Å²) < 4.78 is 18.9. The lowest BCUT2D eigenvalue weighted by Gasteiger charge is -2.28. The number of furan rings is 1. The molecule has 88 heavy (non-hydrogen) atoms. The van der Waals surface area contributed by atoms with Crippen LogP contribution in [0.4, 0.5) is 5.69 Å². The summed E-state index contributed by atoms with van der Waals surface area (Å²) in [5.74, 6) is 0. The van der Waals surface area contributed by atoms with Crippen LogP contribution in [0, 0.1) is 17.9 Å². The van der Waals surface area contributed by atoms with E-state index in [0.717, 1.165) is 114 Å². The van der Waals surface area contributed by atoms with Crippen molar-refractivity contribution in [1.29, 1.82) is 5.26 Å². The number of hydrogen-bond acceptors (Lipinski definition) is 3. The normalized spacial score (nSPS) is 12.8. The highest BCUT2D eigenvalue weighted by atomic mass is 32.1. The van der Waals surface area contributed by atoms with Crippen LogP contribution in [0.1, 0.15) is 84.6 Å². The van der Waals surface area contributed by atoms with Gasteiger partial charge in [-0.1, -0.05) is 190 Å². The molecule has 8 heteroatoms. The minimum absolute atomic E-state index is 0.187. The first-order valence-corrected chi connectivity index (χ1v) is 31.2. The van der Waals surface area contributed by atoms with E-state index >= 15 is 0 Å². The number of benzene rings is 11. The summed E-state index contributed by atoms with van der Waals surface area (Å²) >= 11 is 1.83. The Balaban J connectivity index is 1.22. The number of rotatable bonds is 4. The second-order valence-electron chi connectivity index (χ2n) is 27.0. The van der Waals surface area contributed by atoms with Gasteiger partial charge in [0.15, 0.2) is 5.58 Å². The molecule has 0 aliphatic carbocycles. The van der Waals surface area contributed by atoms with Gasteiger partial charge in [-0.3, -0.25) is 0 Å². The van der Waals surface area contributed by atoms with Crippen LogP contribution in [0.5, 0.6) is 0 Å². The molecule has 0 amide bonds. The molecule has 0 radical (unpaired) electrons. The Morgan fingerprint density at radius 3 is 1.41 bits per heavy atom. The molecule has 0 N–H and O–H groups in total. The minimum Gasteiger partial charge on any atom is -0.454 e. The minimum atomic E-state index is -0.247. The molecule has 17 rings (SSSR count). The van der Waals surface area contributed by atoms with Crippen LogP contribution in [0.3, 0.4) is 0 Å². The first kappa shape index (κ1) is 52.0. The average molecular weight is 1150 g/mol. The maximum atomic E-state index is 13.1. The van der Waals surface area contributed by atoms with Crippen LogP contribution >= 0.6 is 11.3 Å². The molecule has 0 saturated carbocycles. The van der Waals surface area contributed by atoms with Gasteiger partial charge in [-0.15, -0.1) is 11.3 Å². The van der Waals surface area contributed by atoms with Gasteiger partial charge in [0.2, 0.25) is 5.69 Å². The lowest BCUT2D eigenvalue weighted by Crippen LogP contribution is -2.15. The highest BCUT2D eigenvalue weighted by Gasteiger charge is 2.37. The summed E-state index contributed by atoms with van der Waals surface area (Å²) in [6.45, 7) is 30.8. The number of hydrogen-bond donors (Lipinski definition) is 0. The summed E-state index contributed by atoms with van der Waals surface area (Å²) in [5.41, 5.74) is 15.1. The topological polar surface area (TPSA) is 61.0 Å². The summed E-state index contributed by atoms with van der Waals surface area (Å²) in [6, 6.07) is 75.1. The molecule has 11 aromatic carbocycles. The van der Waals surface area contributed by atoms with Crippen LogP contribution in [0.2, 0.25) is 0 Å². The van der Waals surface area contributed by atoms with Gasteiger partial charge in [-0.25, -0.2) is 4.85 Å². The predicted molar refractivity (Wildman–Crippen MR) is 371 cm³/mol. The van der Waals surface area contributed by atoms with E-state index < -0.39 is 0 Å². The van der Waals surface area contributed by atoms with Gasteiger partial charge in [0.1, 0.15) is 11.7 Å². The van der Waals surface area contributed by atoms with Gasteiger partial charge in [-0.05, 0) is 106 Å². The summed E-state index contributed by atoms with van der Waals surface area (Å²) in [5, 5.41) is 25.9. The third-order valence-electron chi connectivity index (χ3n) is 18.8. The first-order valence-electron chi connectivity index (χ1n) is 30.3. The molecule has 422 valence electrons. The molecule has 0 aliphatic rings. The smallest absolute Gasteiger partial charge is 0.237 e. The van der Waals surface area contributed by atoms with E-state index in [0.29, 0.717) is 33.9 Å². The highest BCUT2D eigenvalue weighted by molar-refractivity contribution is 7.26. The Morgan fingerprint density at radius 1 is 0.409 bits per heavy atom. The molecule has 0 bridgehead atoms. The summed E-state index contributed by atoms with van der Waals surface area (Å²) in [7, 11) is 0. The van der Waals surface area contributed by atoms with E-state index in [1.54, 1.807) is 0 Å². The van der Waals surface area contributed by atoms with Crippen LogP contribution in [0.15, 0.2) is 205 Å². The highest BCUT2D eigenvalue weighted by Crippen LogP contribution is 2.55. The third-order valence-corrected chi connectivity index (χ3v) is 20.0. The van der Waals surface area contributed by atoms with Crippen molar-refractivity contribution in [2.45, 2.75) is 78.6 Å². The maximum Gasteiger partial charge on any atom is 0.237 e. The lowest BCUT2D eigenvalue weighted by molar-refractivity contribution is 0.591. The van der Waals surface area contributed by atoms with Crippen molar-refractivity contribution in [3.8, 4) is 28.8 Å². The SMILES string of the molecule is [C-]#[N+]c1c(-n2c3ccccc3c3ccccc32)c(-n2c3ccc(C(C)(C)C)cc3c3cc(C(C)(C)C)c4c5ccccc5sc4c32)c(-n2c3ccccc3c3ccccc32)c(C#N)c1-n1c2ccc(C(C)(C)C)cc2c2ccc3c4ccccc4oc3c21. The number of fused-ring (bicyclic) bond motifs is 20. The van der Waals surface area contributed by atoms with E-state index in [9.17, 15) is 11.8 Å². The lowest BCUT2D eigenvalue weighted by atomic mass is 9.82. The van der Waals surface area contributed by atoms with Gasteiger partial charge in [0.05, 0.1) is 83.7 Å². The zero-order valence-corrected chi connectivity index (χ0v) is 51.4. The van der Waals surface area contributed by atoms with Crippen molar-refractivity contribution in [3.63, 3.8) is 0 Å². The summed E-state index contributed by atoms with van der Waals surface area (Å²) in [6.07, 6.45) is 0. The molecule has 6 heterocycles. The van der Waals surface area contributed by atoms with E-state index in [1.807, 2.05) is 23.5 Å². The molecular formula is C80H60N6OS. The monoisotopic (exact) mass is 1150 g/mol. The standard InChI is InChI=1S/C80H60N6OS/c1-78(2,3)45-35-39-64-55(41-45)52-37-38-53-51-27-15-21-33-66(51)87-76(53)72(52)85(64)70-58(44-81)71(83-60-29-17-11-23-47(60)48-24-12-18-30-61(48)83)75(74(69(70)82-10)84-62-31-19-13-25-49(62)50-26-14-20-32-63(50)84)86-65-40-36-46(79(4,5)6)42-56(65)57-43-59(80(7,8)9)68-54-28-16-22-34-67(54)88-77(68)73(57)86/h11-43H,1-9H3. The zero-order chi connectivity index (χ0) is 60.0. The van der Waals surface area contributed by atoms with E-state index in [2.05, 4.69) is 275 Å².